The maximum absolute atomic E-state index is 12.3. The Morgan fingerprint density at radius 2 is 2.03 bits per heavy atom. The molecular weight excluding hydrogens is 435 g/mol. The summed E-state index contributed by atoms with van der Waals surface area (Å²) in [6, 6.07) is 9.40. The molecule has 4 N–H and O–H groups in total. The number of aliphatic imine (C=N–C) groups is 1. The van der Waals surface area contributed by atoms with Crippen LogP contribution in [0, 0.1) is 0 Å². The molecule has 33 heavy (non-hydrogen) atoms. The molecule has 3 rings (SSSR count). The van der Waals surface area contributed by atoms with E-state index in [4.69, 9.17) is 5.73 Å². The van der Waals surface area contributed by atoms with E-state index in [1.54, 1.807) is 48.0 Å². The van der Waals surface area contributed by atoms with E-state index in [2.05, 4.69) is 15.3 Å². The summed E-state index contributed by atoms with van der Waals surface area (Å²) < 4.78 is 38.7. The summed E-state index contributed by atoms with van der Waals surface area (Å²) in [5.74, 6) is 1.07. The third-order valence-corrected chi connectivity index (χ3v) is 4.63. The zero-order valence-corrected chi connectivity index (χ0v) is 18.3. The third-order valence-electron chi connectivity index (χ3n) is 4.63. The van der Waals surface area contributed by atoms with E-state index in [0.717, 1.165) is 11.5 Å². The zero-order valence-electron chi connectivity index (χ0n) is 18.3. The first-order chi connectivity index (χ1) is 15.6. The maximum Gasteiger partial charge on any atom is 0.405 e. The minimum atomic E-state index is -4.48. The lowest BCUT2D eigenvalue weighted by molar-refractivity contribution is -0.122. The largest absolute Gasteiger partial charge is 0.405 e. The quantitative estimate of drug-likeness (QED) is 0.386. The second-order valence-electron chi connectivity index (χ2n) is 7.33. The summed E-state index contributed by atoms with van der Waals surface area (Å²) in [7, 11) is 3.75. The van der Waals surface area contributed by atoms with Crippen molar-refractivity contribution in [3.63, 3.8) is 0 Å². The lowest BCUT2D eigenvalue weighted by Gasteiger charge is -2.13. The number of fused-ring (bicyclic) bond motifs is 1. The normalized spacial score (nSPS) is 12.7. The van der Waals surface area contributed by atoms with Crippen molar-refractivity contribution >= 4 is 23.2 Å². The molecule has 8 nitrogen and oxygen atoms in total. The van der Waals surface area contributed by atoms with Gasteiger partial charge in [0.1, 0.15) is 23.8 Å². The highest BCUT2D eigenvalue weighted by Gasteiger charge is 2.27. The van der Waals surface area contributed by atoms with Gasteiger partial charge in [0.05, 0.1) is 11.9 Å². The van der Waals surface area contributed by atoms with E-state index >= 15 is 0 Å². The summed E-state index contributed by atoms with van der Waals surface area (Å²) in [6.45, 7) is 0.462. The standard InChI is InChI=1S/C22H24F3N7O/c1-4-18(31(2)3)30-20(26)15-8-9-32-17(12-27-19(32)11-15)14-6-5-7-16(10-14)29-21(33)28-13-22(23,24)25/h4-12H,13H2,1-3H3,(H2,26,30)(H2,28,29,33)/b18-4+. The number of amidine groups is 1. The van der Waals surface area contributed by atoms with Crippen molar-refractivity contribution in [3.05, 3.63) is 66.3 Å². The van der Waals surface area contributed by atoms with Gasteiger partial charge in [0, 0.05) is 37.1 Å². The lowest BCUT2D eigenvalue weighted by Crippen LogP contribution is -2.36. The number of rotatable bonds is 6. The number of imidazole rings is 1. The van der Waals surface area contributed by atoms with Crippen LogP contribution < -0.4 is 16.4 Å². The van der Waals surface area contributed by atoms with E-state index in [9.17, 15) is 18.0 Å². The lowest BCUT2D eigenvalue weighted by atomic mass is 10.1. The average molecular weight is 459 g/mol. The van der Waals surface area contributed by atoms with Crippen molar-refractivity contribution in [1.29, 1.82) is 0 Å². The highest BCUT2D eigenvalue weighted by atomic mass is 19.4. The number of allylic oxidation sites excluding steroid dienone is 1. The highest BCUT2D eigenvalue weighted by molar-refractivity contribution is 5.99. The summed E-state index contributed by atoms with van der Waals surface area (Å²) in [5, 5.41) is 4.17. The molecule has 2 amide bonds. The molecule has 2 aromatic heterocycles. The van der Waals surface area contributed by atoms with E-state index in [0.29, 0.717) is 28.3 Å². The van der Waals surface area contributed by atoms with Crippen LogP contribution in [0.15, 0.2) is 65.7 Å². The van der Waals surface area contributed by atoms with Crippen molar-refractivity contribution in [1.82, 2.24) is 19.6 Å². The monoisotopic (exact) mass is 459 g/mol. The van der Waals surface area contributed by atoms with Gasteiger partial charge in [0.15, 0.2) is 0 Å². The number of hydrogen-bond acceptors (Lipinski definition) is 4. The molecule has 0 saturated heterocycles. The number of aromatic nitrogens is 2. The van der Waals surface area contributed by atoms with Crippen LogP contribution in [0.1, 0.15) is 12.5 Å². The van der Waals surface area contributed by atoms with Crippen LogP contribution in [0.5, 0.6) is 0 Å². The number of hydrogen-bond donors (Lipinski definition) is 3. The molecule has 11 heteroatoms. The van der Waals surface area contributed by atoms with Crippen molar-refractivity contribution in [2.75, 3.05) is 26.0 Å². The fourth-order valence-corrected chi connectivity index (χ4v) is 3.08. The molecule has 1 aromatic carbocycles. The predicted molar refractivity (Wildman–Crippen MR) is 122 cm³/mol. The number of urea groups is 1. The molecule has 2 heterocycles. The summed E-state index contributed by atoms with van der Waals surface area (Å²) in [4.78, 5) is 22.4. The van der Waals surface area contributed by atoms with E-state index in [1.165, 1.54) is 0 Å². The van der Waals surface area contributed by atoms with E-state index in [1.807, 2.05) is 42.5 Å². The number of nitrogens with two attached hydrogens (primary N) is 1. The van der Waals surface area contributed by atoms with Gasteiger partial charge in [-0.3, -0.25) is 4.40 Å². The number of alkyl halides is 3. The Bertz CT molecular complexity index is 1210. The molecule has 174 valence electrons. The number of carbonyl (C=O) groups excluding carboxylic acids is 1. The van der Waals surface area contributed by atoms with Crippen molar-refractivity contribution in [2.24, 2.45) is 10.7 Å². The van der Waals surface area contributed by atoms with Gasteiger partial charge >= 0.3 is 12.2 Å². The highest BCUT2D eigenvalue weighted by Crippen LogP contribution is 2.24. The Balaban J connectivity index is 1.83. The van der Waals surface area contributed by atoms with Crippen LogP contribution in [-0.4, -0.2) is 53.0 Å². The summed E-state index contributed by atoms with van der Waals surface area (Å²) in [5.41, 5.74) is 9.30. The Kier molecular flexibility index (Phi) is 6.90. The second kappa shape index (κ2) is 9.63. The molecule has 0 aliphatic heterocycles. The van der Waals surface area contributed by atoms with Crippen LogP contribution in [0.4, 0.5) is 23.7 Å². The number of anilines is 1. The van der Waals surface area contributed by atoms with Crippen LogP contribution in [0.2, 0.25) is 0 Å². The third kappa shape index (κ3) is 6.03. The summed E-state index contributed by atoms with van der Waals surface area (Å²) >= 11 is 0. The van der Waals surface area contributed by atoms with Crippen molar-refractivity contribution in [2.45, 2.75) is 13.1 Å². The van der Waals surface area contributed by atoms with Gasteiger partial charge in [-0.1, -0.05) is 12.1 Å². The van der Waals surface area contributed by atoms with Gasteiger partial charge in [0.2, 0.25) is 0 Å². The molecule has 0 spiro atoms. The first-order valence-electron chi connectivity index (χ1n) is 9.94. The first-order valence-corrected chi connectivity index (χ1v) is 9.94. The molecule has 3 aromatic rings. The molecule has 0 radical (unpaired) electrons. The molecule has 0 aliphatic carbocycles. The molecule has 0 saturated carbocycles. The van der Waals surface area contributed by atoms with E-state index < -0.39 is 18.8 Å². The van der Waals surface area contributed by atoms with E-state index in [-0.39, 0.29) is 0 Å². The molecule has 0 fully saturated rings. The van der Waals surface area contributed by atoms with Crippen LogP contribution in [-0.2, 0) is 0 Å². The zero-order chi connectivity index (χ0) is 24.2. The van der Waals surface area contributed by atoms with Gasteiger partial charge in [-0.2, -0.15) is 13.2 Å². The minimum Gasteiger partial charge on any atom is -0.383 e. The second-order valence-corrected chi connectivity index (χ2v) is 7.33. The SMILES string of the molecule is C/C=C(\N=C(/N)c1ccn2c(-c3cccc(NC(=O)NCC(F)(F)F)c3)cnc2c1)N(C)C. The van der Waals surface area contributed by atoms with Gasteiger partial charge in [-0.15, -0.1) is 0 Å². The first kappa shape index (κ1) is 23.6. The number of amides is 2. The van der Waals surface area contributed by atoms with Crippen LogP contribution in [0.3, 0.4) is 0 Å². The summed E-state index contributed by atoms with van der Waals surface area (Å²) in [6.07, 6.45) is 0.829. The number of halogens is 3. The van der Waals surface area contributed by atoms with Gasteiger partial charge < -0.3 is 21.3 Å². The fraction of sp³-hybridized carbons (Fsp3) is 0.227. The van der Waals surface area contributed by atoms with Crippen LogP contribution in [0.25, 0.3) is 16.9 Å². The smallest absolute Gasteiger partial charge is 0.383 e. The van der Waals surface area contributed by atoms with Gasteiger partial charge in [-0.25, -0.2) is 14.8 Å². The Hall–Kier alpha value is -4.02. The number of carbonyl (C=O) groups is 1. The number of pyridine rings is 1. The van der Waals surface area contributed by atoms with Crippen molar-refractivity contribution in [3.8, 4) is 11.3 Å². The average Bonchev–Trinajstić information content (AvgIpc) is 3.18. The maximum atomic E-state index is 12.3. The molecule has 0 aliphatic rings. The molecule has 0 atom stereocenters. The molecule has 0 bridgehead atoms. The van der Waals surface area contributed by atoms with Crippen LogP contribution >= 0.6 is 0 Å². The number of nitrogens with one attached hydrogen (secondary N) is 2. The fourth-order valence-electron chi connectivity index (χ4n) is 3.08. The molecular formula is C22H24F3N7O. The Morgan fingerprint density at radius 3 is 2.70 bits per heavy atom. The predicted octanol–water partition coefficient (Wildman–Crippen LogP) is 3.81. The number of benzene rings is 1. The Morgan fingerprint density at radius 1 is 1.27 bits per heavy atom. The topological polar surface area (TPSA) is 100 Å². The van der Waals surface area contributed by atoms with Gasteiger partial charge in [-0.05, 0) is 37.3 Å². The van der Waals surface area contributed by atoms with Gasteiger partial charge in [0.25, 0.3) is 0 Å². The molecule has 0 unspecified atom stereocenters. The number of nitrogens with zero attached hydrogens (tertiary/aromatic N) is 4. The van der Waals surface area contributed by atoms with Crippen molar-refractivity contribution < 1.29 is 18.0 Å². The Labute approximate surface area is 188 Å². The minimum absolute atomic E-state index is 0.345.